The topological polar surface area (TPSA) is 87.5 Å². The van der Waals surface area contributed by atoms with Crippen LogP contribution in [0.4, 0.5) is 14.5 Å². The van der Waals surface area contributed by atoms with E-state index in [0.717, 1.165) is 0 Å². The van der Waals surface area contributed by atoms with Crippen LogP contribution in [0.15, 0.2) is 24.3 Å². The molecule has 3 aromatic rings. The number of amides is 1. The van der Waals surface area contributed by atoms with Gasteiger partial charge in [-0.15, -0.1) is 0 Å². The second-order valence-corrected chi connectivity index (χ2v) is 11.2. The third-order valence-corrected chi connectivity index (χ3v) is 7.38. The second-order valence-electron chi connectivity index (χ2n) is 10.4. The zero-order valence-corrected chi connectivity index (χ0v) is 22.5. The molecule has 7 nitrogen and oxygen atoms in total. The molecular weight excluding hydrogens is 525 g/mol. The smallest absolute Gasteiger partial charge is 0.337 e. The van der Waals surface area contributed by atoms with Gasteiger partial charge in [0.05, 0.1) is 33.9 Å². The van der Waals surface area contributed by atoms with Crippen LogP contribution < -0.4 is 10.2 Å². The summed E-state index contributed by atoms with van der Waals surface area (Å²) in [4.78, 5) is 30.3. The molecule has 1 amide bonds. The van der Waals surface area contributed by atoms with Crippen molar-refractivity contribution in [3.8, 4) is 0 Å². The number of nitrogens with zero attached hydrogens (tertiary/aromatic N) is 3. The van der Waals surface area contributed by atoms with Gasteiger partial charge in [-0.25, -0.2) is 18.6 Å². The lowest BCUT2D eigenvalue weighted by atomic mass is 9.95. The number of carboxylic acid groups (broad SMARTS) is 1. The number of hydrogen-bond acceptors (Lipinski definition) is 4. The number of hydrogen-bond donors (Lipinski definition) is 2. The Morgan fingerprint density at radius 1 is 1.22 bits per heavy atom. The summed E-state index contributed by atoms with van der Waals surface area (Å²) >= 11 is 13.2. The van der Waals surface area contributed by atoms with E-state index < -0.39 is 23.9 Å². The number of imidazole rings is 1. The number of fused-ring (bicyclic) bond motifs is 1. The summed E-state index contributed by atoms with van der Waals surface area (Å²) in [7, 11) is 1.77. The fraction of sp³-hybridized carbons (Fsp3) is 0.423. The van der Waals surface area contributed by atoms with Gasteiger partial charge in [0, 0.05) is 43.4 Å². The summed E-state index contributed by atoms with van der Waals surface area (Å²) in [6, 6.07) is 6.47. The molecule has 0 spiro atoms. The van der Waals surface area contributed by atoms with E-state index in [1.165, 1.54) is 11.0 Å². The minimum atomic E-state index is -2.87. The predicted octanol–water partition coefficient (Wildman–Crippen LogP) is 5.68. The normalized spacial score (nSPS) is 15.4. The number of alkyl halides is 2. The van der Waals surface area contributed by atoms with Gasteiger partial charge in [0.15, 0.2) is 0 Å². The molecule has 2 aromatic carbocycles. The van der Waals surface area contributed by atoms with Crippen molar-refractivity contribution in [3.63, 3.8) is 0 Å². The van der Waals surface area contributed by atoms with E-state index in [1.54, 1.807) is 29.8 Å². The fourth-order valence-electron chi connectivity index (χ4n) is 4.35. The van der Waals surface area contributed by atoms with Crippen molar-refractivity contribution in [1.29, 1.82) is 0 Å². The number of aryl methyl sites for hydroxylation is 1. The van der Waals surface area contributed by atoms with E-state index in [4.69, 9.17) is 23.2 Å². The van der Waals surface area contributed by atoms with Crippen LogP contribution in [0.3, 0.4) is 0 Å². The lowest BCUT2D eigenvalue weighted by molar-refractivity contribution is -0.128. The van der Waals surface area contributed by atoms with Crippen molar-refractivity contribution in [2.45, 2.75) is 46.1 Å². The van der Waals surface area contributed by atoms with Crippen LogP contribution in [0.2, 0.25) is 10.0 Å². The molecular formula is C26H28Cl2F2N4O3. The van der Waals surface area contributed by atoms with Crippen molar-refractivity contribution in [2.75, 3.05) is 18.0 Å². The SMILES string of the molecule is Cn1c(Cc2c(Cl)ccc(CNC(=O)C(C)(C)C)c2Cl)nc2cc(C(=O)O)c(N3CCC(F)(F)C3)cc21. The Labute approximate surface area is 223 Å². The molecule has 37 heavy (non-hydrogen) atoms. The van der Waals surface area contributed by atoms with Gasteiger partial charge in [-0.1, -0.05) is 50.0 Å². The van der Waals surface area contributed by atoms with E-state index in [1.807, 2.05) is 20.8 Å². The van der Waals surface area contributed by atoms with Gasteiger partial charge >= 0.3 is 5.97 Å². The summed E-state index contributed by atoms with van der Waals surface area (Å²) in [5.74, 6) is -3.63. The maximum atomic E-state index is 13.9. The number of rotatable bonds is 6. The molecule has 0 aliphatic carbocycles. The van der Waals surface area contributed by atoms with E-state index in [9.17, 15) is 23.5 Å². The summed E-state index contributed by atoms with van der Waals surface area (Å²) in [6.45, 7) is 5.21. The molecule has 0 bridgehead atoms. The first-order chi connectivity index (χ1) is 17.2. The molecule has 0 radical (unpaired) electrons. The maximum absolute atomic E-state index is 13.9. The fourth-order valence-corrected chi connectivity index (χ4v) is 4.92. The van der Waals surface area contributed by atoms with Crippen LogP contribution in [-0.4, -0.2) is 45.5 Å². The summed E-state index contributed by atoms with van der Waals surface area (Å²) in [6.07, 6.45) is -0.0896. The molecule has 1 fully saturated rings. The number of carbonyl (C=O) groups excluding carboxylic acids is 1. The minimum absolute atomic E-state index is 0.0628. The van der Waals surface area contributed by atoms with Gasteiger partial charge in [-0.3, -0.25) is 4.79 Å². The average Bonchev–Trinajstić information content (AvgIpc) is 3.32. The predicted molar refractivity (Wildman–Crippen MR) is 140 cm³/mol. The molecule has 0 saturated carbocycles. The Balaban J connectivity index is 1.69. The third kappa shape index (κ3) is 5.52. The van der Waals surface area contributed by atoms with E-state index in [2.05, 4.69) is 10.3 Å². The molecule has 1 aromatic heterocycles. The molecule has 0 unspecified atom stereocenters. The number of benzene rings is 2. The summed E-state index contributed by atoms with van der Waals surface area (Å²) in [5.41, 5.74) is 1.94. The number of aromatic nitrogens is 2. The lowest BCUT2D eigenvalue weighted by Gasteiger charge is -2.20. The van der Waals surface area contributed by atoms with Crippen LogP contribution >= 0.6 is 23.2 Å². The Morgan fingerprint density at radius 3 is 2.51 bits per heavy atom. The number of carbonyl (C=O) groups is 2. The lowest BCUT2D eigenvalue weighted by Crippen LogP contribution is -2.34. The number of aromatic carboxylic acids is 1. The highest BCUT2D eigenvalue weighted by molar-refractivity contribution is 6.36. The van der Waals surface area contributed by atoms with Crippen molar-refractivity contribution in [2.24, 2.45) is 12.5 Å². The largest absolute Gasteiger partial charge is 0.478 e. The van der Waals surface area contributed by atoms with Crippen LogP contribution in [0.5, 0.6) is 0 Å². The molecule has 2 N–H and O–H groups in total. The van der Waals surface area contributed by atoms with Crippen molar-refractivity contribution < 1.29 is 23.5 Å². The van der Waals surface area contributed by atoms with Crippen molar-refractivity contribution in [1.82, 2.24) is 14.9 Å². The Hall–Kier alpha value is -2.91. The number of carboxylic acids is 1. The third-order valence-electron chi connectivity index (χ3n) is 6.55. The first kappa shape index (κ1) is 27.1. The van der Waals surface area contributed by atoms with E-state index in [-0.39, 0.29) is 43.1 Å². The first-order valence-corrected chi connectivity index (χ1v) is 12.5. The van der Waals surface area contributed by atoms with Gasteiger partial charge in [0.2, 0.25) is 5.91 Å². The van der Waals surface area contributed by atoms with Crippen molar-refractivity contribution >= 4 is 51.8 Å². The molecule has 198 valence electrons. The highest BCUT2D eigenvalue weighted by atomic mass is 35.5. The first-order valence-electron chi connectivity index (χ1n) is 11.8. The van der Waals surface area contributed by atoms with Gasteiger partial charge in [-0.05, 0) is 29.3 Å². The molecule has 11 heteroatoms. The van der Waals surface area contributed by atoms with Gasteiger partial charge in [0.25, 0.3) is 5.92 Å². The van der Waals surface area contributed by atoms with Gasteiger partial charge in [-0.2, -0.15) is 0 Å². The van der Waals surface area contributed by atoms with Crippen LogP contribution in [0, 0.1) is 5.41 Å². The highest BCUT2D eigenvalue weighted by Crippen LogP contribution is 2.36. The van der Waals surface area contributed by atoms with Gasteiger partial charge < -0.3 is 19.9 Å². The molecule has 1 saturated heterocycles. The van der Waals surface area contributed by atoms with Crippen LogP contribution in [-0.2, 0) is 24.8 Å². The van der Waals surface area contributed by atoms with Crippen LogP contribution in [0.25, 0.3) is 11.0 Å². The summed E-state index contributed by atoms with van der Waals surface area (Å²) in [5, 5.41) is 13.5. The number of anilines is 1. The number of nitrogens with one attached hydrogen (secondary N) is 1. The van der Waals surface area contributed by atoms with Crippen molar-refractivity contribution in [3.05, 3.63) is 56.8 Å². The zero-order chi connectivity index (χ0) is 27.3. The monoisotopic (exact) mass is 552 g/mol. The van der Waals surface area contributed by atoms with E-state index in [0.29, 0.717) is 38.0 Å². The number of halogens is 4. The molecule has 2 heterocycles. The maximum Gasteiger partial charge on any atom is 0.337 e. The molecule has 4 rings (SSSR count). The van der Waals surface area contributed by atoms with Crippen LogP contribution in [0.1, 0.15) is 54.5 Å². The molecule has 1 aliphatic rings. The summed E-state index contributed by atoms with van der Waals surface area (Å²) < 4.78 is 29.5. The van der Waals surface area contributed by atoms with Gasteiger partial charge in [0.1, 0.15) is 5.82 Å². The Bertz CT molecular complexity index is 1400. The zero-order valence-electron chi connectivity index (χ0n) is 21.0. The average molecular weight is 553 g/mol. The highest BCUT2D eigenvalue weighted by Gasteiger charge is 2.39. The molecule has 1 aliphatic heterocycles. The quantitative estimate of drug-likeness (QED) is 0.411. The molecule has 0 atom stereocenters. The Morgan fingerprint density at radius 2 is 1.92 bits per heavy atom. The second kappa shape index (κ2) is 9.76. The van der Waals surface area contributed by atoms with E-state index >= 15 is 0 Å². The minimum Gasteiger partial charge on any atom is -0.478 e. The Kier molecular flexibility index (Phi) is 7.16. The standard InChI is InChI=1S/C26H28Cl2F2N4O3/c1-25(2,3)24(37)31-12-14-5-6-17(27)15(22(14)28)10-21-32-18-9-16(23(35)36)19(11-20(18)33(21)4)34-8-7-26(29,30)13-34/h5-6,9,11H,7-8,10,12-13H2,1-4H3,(H,31,37)(H,35,36).